The second-order valence-corrected chi connectivity index (χ2v) is 13.0. The van der Waals surface area contributed by atoms with Gasteiger partial charge in [0.2, 0.25) is 11.4 Å². The van der Waals surface area contributed by atoms with Crippen molar-refractivity contribution in [3.63, 3.8) is 0 Å². The molecular weight excluding hydrogens is 507 g/mol. The first-order valence-corrected chi connectivity index (χ1v) is 13.9. The molecule has 0 radical (unpaired) electrons. The third kappa shape index (κ3) is 4.14. The van der Waals surface area contributed by atoms with Gasteiger partial charge in [0.1, 0.15) is 11.7 Å². The predicted molar refractivity (Wildman–Crippen MR) is 136 cm³/mol. The van der Waals surface area contributed by atoms with Crippen molar-refractivity contribution in [3.05, 3.63) is 11.6 Å². The average Bonchev–Trinajstić information content (AvgIpc) is 3.07. The molecule has 5 rings (SSSR count). The summed E-state index contributed by atoms with van der Waals surface area (Å²) in [6.45, 7) is 5.33. The van der Waals surface area contributed by atoms with Crippen molar-refractivity contribution in [1.29, 1.82) is 0 Å². The van der Waals surface area contributed by atoms with Crippen molar-refractivity contribution in [1.82, 2.24) is 0 Å². The zero-order valence-electron chi connectivity index (χ0n) is 20.7. The summed E-state index contributed by atoms with van der Waals surface area (Å²) in [7, 11) is 0. The van der Waals surface area contributed by atoms with Gasteiger partial charge < -0.3 is 14.9 Å². The predicted octanol–water partition coefficient (Wildman–Crippen LogP) is 2.49. The summed E-state index contributed by atoms with van der Waals surface area (Å²) in [5.41, 5.74) is -2.90. The number of ether oxygens (including phenoxy) is 1. The zero-order valence-corrected chi connectivity index (χ0v) is 21.6. The standard InChI is InChI=1S/C27H36O7S.K.H/c1-4-26(24(32)20(30)13-22(31)34-26)27(33)10-8-19-23-18(7-9-25(19,27)3)17-6-5-16(29)11-15(17)12-21(23)35-14(2)28;;/h11,17-21,23,30,33H,4-10,12-13H2,1-3H3;;/t17?,18-,19?,20?,21+,23-,25-,26-,27-;;/m0../s1. The van der Waals surface area contributed by atoms with Gasteiger partial charge in [0.25, 0.3) is 0 Å². The number of thioether (sulfide) groups is 1. The van der Waals surface area contributed by atoms with Crippen molar-refractivity contribution < 1.29 is 34.1 Å². The number of esters is 1. The van der Waals surface area contributed by atoms with Gasteiger partial charge in [-0.15, -0.1) is 0 Å². The van der Waals surface area contributed by atoms with Gasteiger partial charge in [0.15, 0.2) is 10.9 Å². The molecule has 4 fully saturated rings. The molecule has 3 saturated carbocycles. The number of allylic oxidation sites excluding steroid dienone is 1. The molecule has 0 bridgehead atoms. The Morgan fingerprint density at radius 1 is 1.17 bits per heavy atom. The van der Waals surface area contributed by atoms with Gasteiger partial charge in [-0.25, -0.2) is 0 Å². The molecule has 0 aromatic carbocycles. The van der Waals surface area contributed by atoms with Gasteiger partial charge in [-0.2, -0.15) is 0 Å². The van der Waals surface area contributed by atoms with Crippen molar-refractivity contribution >= 4 is 85.8 Å². The molecule has 7 nitrogen and oxygen atoms in total. The van der Waals surface area contributed by atoms with E-state index in [4.69, 9.17) is 4.74 Å². The number of hydrogen-bond donors (Lipinski definition) is 2. The molecule has 36 heavy (non-hydrogen) atoms. The monoisotopic (exact) mass is 544 g/mol. The number of cyclic esters (lactones) is 1. The van der Waals surface area contributed by atoms with Gasteiger partial charge in [0, 0.05) is 24.0 Å². The molecule has 3 unspecified atom stereocenters. The fourth-order valence-corrected chi connectivity index (χ4v) is 10.1. The molecule has 2 N–H and O–H groups in total. The summed E-state index contributed by atoms with van der Waals surface area (Å²) >= 11 is 1.34. The van der Waals surface area contributed by atoms with Gasteiger partial charge in [-0.05, 0) is 74.7 Å². The Balaban J connectivity index is 0.00000304. The Bertz CT molecular complexity index is 1010. The van der Waals surface area contributed by atoms with E-state index in [1.807, 2.05) is 13.0 Å². The molecule has 1 heterocycles. The molecule has 0 amide bonds. The Kier molecular flexibility index (Phi) is 8.30. The van der Waals surface area contributed by atoms with Crippen LogP contribution in [0.4, 0.5) is 0 Å². The Morgan fingerprint density at radius 3 is 2.56 bits per heavy atom. The number of rotatable bonds is 3. The Morgan fingerprint density at radius 2 is 1.89 bits per heavy atom. The third-order valence-corrected chi connectivity index (χ3v) is 11.4. The van der Waals surface area contributed by atoms with E-state index in [0.29, 0.717) is 43.9 Å². The van der Waals surface area contributed by atoms with Crippen LogP contribution < -0.4 is 0 Å². The maximum atomic E-state index is 13.4. The molecule has 0 aromatic heterocycles. The summed E-state index contributed by atoms with van der Waals surface area (Å²) in [6.07, 6.45) is 4.58. The second-order valence-electron chi connectivity index (χ2n) is 11.6. The van der Waals surface area contributed by atoms with Crippen LogP contribution in [0.1, 0.15) is 78.6 Å². The van der Waals surface area contributed by atoms with Crippen molar-refractivity contribution in [3.8, 4) is 0 Å². The molecule has 5 aliphatic rings. The quantitative estimate of drug-likeness (QED) is 0.411. The molecule has 4 aliphatic carbocycles. The van der Waals surface area contributed by atoms with Crippen LogP contribution in [0.5, 0.6) is 0 Å². The summed E-state index contributed by atoms with van der Waals surface area (Å²) < 4.78 is 5.73. The van der Waals surface area contributed by atoms with E-state index in [2.05, 4.69) is 0 Å². The fourth-order valence-electron chi connectivity index (χ4n) is 8.81. The van der Waals surface area contributed by atoms with Gasteiger partial charge in [0.05, 0.1) is 6.42 Å². The van der Waals surface area contributed by atoms with Crippen molar-refractivity contribution in [2.75, 3.05) is 0 Å². The number of carbonyl (C=O) groups excluding carboxylic acids is 4. The summed E-state index contributed by atoms with van der Waals surface area (Å²) in [5, 5.41) is 22.9. The topological polar surface area (TPSA) is 118 Å². The van der Waals surface area contributed by atoms with Crippen LogP contribution in [0.15, 0.2) is 11.6 Å². The van der Waals surface area contributed by atoms with E-state index in [1.165, 1.54) is 17.3 Å². The van der Waals surface area contributed by atoms with E-state index in [0.717, 1.165) is 12.8 Å². The normalized spacial score (nSPS) is 46.0. The van der Waals surface area contributed by atoms with E-state index >= 15 is 0 Å². The van der Waals surface area contributed by atoms with Crippen LogP contribution in [0.3, 0.4) is 0 Å². The van der Waals surface area contributed by atoms with Crippen LogP contribution in [0.25, 0.3) is 0 Å². The molecule has 9 heteroatoms. The molecular formula is C27H37KO7S. The van der Waals surface area contributed by atoms with E-state index in [1.54, 1.807) is 13.8 Å². The van der Waals surface area contributed by atoms with Crippen LogP contribution in [0, 0.1) is 29.1 Å². The van der Waals surface area contributed by atoms with E-state index in [9.17, 15) is 29.4 Å². The SMILES string of the molecule is CC[C@]1([C@]2(O)CCC3[C@H]4[C@H](SC(C)=O)CC5=CC(=O)CCC5[C@@H]4CC[C@@]32C)OC(=O)CC(O)C1=O.[KH]. The first kappa shape index (κ1) is 29.1. The first-order chi connectivity index (χ1) is 16.5. The van der Waals surface area contributed by atoms with Crippen molar-refractivity contribution in [2.45, 2.75) is 101 Å². The number of aliphatic hydroxyl groups is 2. The Labute approximate surface area is 259 Å². The van der Waals surface area contributed by atoms with E-state index in [-0.39, 0.29) is 92.2 Å². The van der Waals surface area contributed by atoms with Gasteiger partial charge in [-0.1, -0.05) is 31.2 Å². The molecule has 0 aromatic rings. The number of fused-ring (bicyclic) bond motifs is 5. The number of carbonyl (C=O) groups is 4. The van der Waals surface area contributed by atoms with Crippen LogP contribution >= 0.6 is 11.8 Å². The summed E-state index contributed by atoms with van der Waals surface area (Å²) in [5.74, 6) is -0.267. The minimum absolute atomic E-state index is 0. The number of hydrogen-bond acceptors (Lipinski definition) is 8. The minimum atomic E-state index is -1.77. The zero-order chi connectivity index (χ0) is 25.3. The summed E-state index contributed by atoms with van der Waals surface area (Å²) in [4.78, 5) is 50.2. The molecule has 9 atom stereocenters. The number of ketones is 2. The molecule has 0 spiro atoms. The van der Waals surface area contributed by atoms with Crippen LogP contribution in [-0.2, 0) is 23.9 Å². The summed E-state index contributed by atoms with van der Waals surface area (Å²) in [6, 6.07) is 0. The number of Topliss-reactive ketones (excluding diaryl/α,β-unsaturated/α-hetero) is 1. The van der Waals surface area contributed by atoms with Crippen molar-refractivity contribution in [2.24, 2.45) is 29.1 Å². The Hall–Kier alpha value is 0.126. The van der Waals surface area contributed by atoms with Crippen LogP contribution in [0.2, 0.25) is 0 Å². The second kappa shape index (κ2) is 10.3. The molecule has 1 aliphatic heterocycles. The van der Waals surface area contributed by atoms with E-state index < -0.39 is 34.5 Å². The van der Waals surface area contributed by atoms with Crippen LogP contribution in [-0.4, -0.2) is 107 Å². The number of aliphatic hydroxyl groups excluding tert-OH is 1. The average molecular weight is 545 g/mol. The first-order valence-electron chi connectivity index (χ1n) is 13.0. The molecule has 194 valence electrons. The molecule has 1 saturated heterocycles. The fraction of sp³-hybridized carbons (Fsp3) is 0.778. The third-order valence-electron chi connectivity index (χ3n) is 10.3. The van der Waals surface area contributed by atoms with Gasteiger partial charge in [-0.3, -0.25) is 19.2 Å². The maximum absolute atomic E-state index is 13.4. The van der Waals surface area contributed by atoms with Gasteiger partial charge >= 0.3 is 57.4 Å².